The fourth-order valence-corrected chi connectivity index (χ4v) is 2.81. The van der Waals surface area contributed by atoms with Gasteiger partial charge in [-0.05, 0) is 62.0 Å². The van der Waals surface area contributed by atoms with Crippen molar-refractivity contribution in [2.45, 2.75) is 19.3 Å². The molecule has 1 aromatic carbocycles. The Bertz CT molecular complexity index is 526. The summed E-state index contributed by atoms with van der Waals surface area (Å²) >= 11 is 0. The summed E-state index contributed by atoms with van der Waals surface area (Å²) < 4.78 is 10.9. The van der Waals surface area contributed by atoms with Crippen molar-refractivity contribution in [3.05, 3.63) is 30.0 Å². The van der Waals surface area contributed by atoms with E-state index in [1.165, 1.54) is 24.9 Å². The Hall–Kier alpha value is -1.48. The number of benzene rings is 1. The molecule has 0 aliphatic carbocycles. The average molecular weight is 245 g/mol. The average Bonchev–Trinajstić information content (AvgIpc) is 2.87. The minimum Gasteiger partial charge on any atom is -0.493 e. The molecule has 0 bridgehead atoms. The van der Waals surface area contributed by atoms with E-state index in [4.69, 9.17) is 9.15 Å². The van der Waals surface area contributed by atoms with E-state index < -0.39 is 0 Å². The van der Waals surface area contributed by atoms with Gasteiger partial charge in [-0.15, -0.1) is 0 Å². The lowest BCUT2D eigenvalue weighted by atomic mass is 9.92. The SMILES string of the molecule is COc1cc(CC2CCCNC2)cc2ccoc12. The van der Waals surface area contributed by atoms with Gasteiger partial charge in [0.25, 0.3) is 0 Å². The molecule has 1 aliphatic heterocycles. The first-order valence-electron chi connectivity index (χ1n) is 6.61. The number of piperidine rings is 1. The van der Waals surface area contributed by atoms with Crippen molar-refractivity contribution in [1.29, 1.82) is 0 Å². The number of ether oxygens (including phenoxy) is 1. The van der Waals surface area contributed by atoms with Gasteiger partial charge in [0.1, 0.15) is 0 Å². The third kappa shape index (κ3) is 2.23. The lowest BCUT2D eigenvalue weighted by Gasteiger charge is -2.22. The highest BCUT2D eigenvalue weighted by molar-refractivity contribution is 5.83. The second-order valence-electron chi connectivity index (χ2n) is 5.05. The molecule has 1 atom stereocenters. The molecule has 1 unspecified atom stereocenters. The van der Waals surface area contributed by atoms with Crippen molar-refractivity contribution in [3.8, 4) is 5.75 Å². The van der Waals surface area contributed by atoms with Crippen molar-refractivity contribution < 1.29 is 9.15 Å². The maximum Gasteiger partial charge on any atom is 0.175 e. The zero-order valence-electron chi connectivity index (χ0n) is 10.7. The van der Waals surface area contributed by atoms with Gasteiger partial charge in [0, 0.05) is 5.39 Å². The smallest absolute Gasteiger partial charge is 0.175 e. The highest BCUT2D eigenvalue weighted by atomic mass is 16.5. The standard InChI is InChI=1S/C15H19NO2/c1-17-14-9-12(7-11-3-2-5-16-10-11)8-13-4-6-18-15(13)14/h4,6,8-9,11,16H,2-3,5,7,10H2,1H3. The predicted molar refractivity (Wildman–Crippen MR) is 72.1 cm³/mol. The fourth-order valence-electron chi connectivity index (χ4n) is 2.81. The van der Waals surface area contributed by atoms with E-state index in [9.17, 15) is 0 Å². The van der Waals surface area contributed by atoms with Crippen molar-refractivity contribution in [2.75, 3.05) is 20.2 Å². The van der Waals surface area contributed by atoms with Gasteiger partial charge in [0.15, 0.2) is 11.3 Å². The van der Waals surface area contributed by atoms with Gasteiger partial charge in [-0.3, -0.25) is 0 Å². The Morgan fingerprint density at radius 1 is 1.44 bits per heavy atom. The summed E-state index contributed by atoms with van der Waals surface area (Å²) in [4.78, 5) is 0. The zero-order valence-corrected chi connectivity index (χ0v) is 10.7. The molecular formula is C15H19NO2. The molecule has 3 rings (SSSR count). The van der Waals surface area contributed by atoms with E-state index in [0.717, 1.165) is 35.6 Å². The zero-order chi connectivity index (χ0) is 12.4. The number of fused-ring (bicyclic) bond motifs is 1. The molecule has 0 radical (unpaired) electrons. The maximum absolute atomic E-state index is 5.45. The van der Waals surface area contributed by atoms with Crippen LogP contribution in [0.3, 0.4) is 0 Å². The molecule has 1 fully saturated rings. The molecule has 18 heavy (non-hydrogen) atoms. The number of hydrogen-bond acceptors (Lipinski definition) is 3. The van der Waals surface area contributed by atoms with E-state index in [0.29, 0.717) is 0 Å². The van der Waals surface area contributed by atoms with Crippen LogP contribution in [0.15, 0.2) is 28.9 Å². The number of furan rings is 1. The Kier molecular flexibility index (Phi) is 3.24. The molecule has 3 heteroatoms. The second kappa shape index (κ2) is 5.02. The van der Waals surface area contributed by atoms with Crippen molar-refractivity contribution in [3.63, 3.8) is 0 Å². The highest BCUT2D eigenvalue weighted by Crippen LogP contribution is 2.30. The summed E-state index contributed by atoms with van der Waals surface area (Å²) in [5.74, 6) is 1.59. The molecule has 0 saturated carbocycles. The number of nitrogens with one attached hydrogen (secondary N) is 1. The van der Waals surface area contributed by atoms with Crippen LogP contribution in [0.2, 0.25) is 0 Å². The number of methoxy groups -OCH3 is 1. The Labute approximate surface area is 107 Å². The van der Waals surface area contributed by atoms with Gasteiger partial charge in [-0.25, -0.2) is 0 Å². The van der Waals surface area contributed by atoms with Crippen LogP contribution in [-0.2, 0) is 6.42 Å². The van der Waals surface area contributed by atoms with Gasteiger partial charge in [0.05, 0.1) is 13.4 Å². The van der Waals surface area contributed by atoms with Crippen LogP contribution in [0.5, 0.6) is 5.75 Å². The van der Waals surface area contributed by atoms with E-state index >= 15 is 0 Å². The second-order valence-corrected chi connectivity index (χ2v) is 5.05. The van der Waals surface area contributed by atoms with Gasteiger partial charge in [-0.2, -0.15) is 0 Å². The maximum atomic E-state index is 5.45. The summed E-state index contributed by atoms with van der Waals surface area (Å²) in [5.41, 5.74) is 2.19. The number of rotatable bonds is 3. The molecule has 1 aromatic heterocycles. The largest absolute Gasteiger partial charge is 0.493 e. The first-order valence-corrected chi connectivity index (χ1v) is 6.61. The minimum absolute atomic E-state index is 0.743. The predicted octanol–water partition coefficient (Wildman–Crippen LogP) is 2.98. The fraction of sp³-hybridized carbons (Fsp3) is 0.467. The Balaban J connectivity index is 1.86. The number of hydrogen-bond donors (Lipinski definition) is 1. The third-order valence-corrected chi connectivity index (χ3v) is 3.72. The van der Waals surface area contributed by atoms with E-state index in [1.54, 1.807) is 13.4 Å². The van der Waals surface area contributed by atoms with Gasteiger partial charge in [-0.1, -0.05) is 0 Å². The quantitative estimate of drug-likeness (QED) is 0.902. The molecule has 96 valence electrons. The summed E-state index contributed by atoms with van der Waals surface area (Å²) in [5, 5.41) is 4.60. The topological polar surface area (TPSA) is 34.4 Å². The normalized spacial score (nSPS) is 20.2. The molecule has 2 heterocycles. The van der Waals surface area contributed by atoms with Crippen LogP contribution < -0.4 is 10.1 Å². The molecule has 0 spiro atoms. The molecular weight excluding hydrogens is 226 g/mol. The molecule has 1 N–H and O–H groups in total. The van der Waals surface area contributed by atoms with Crippen LogP contribution in [0.1, 0.15) is 18.4 Å². The van der Waals surface area contributed by atoms with E-state index in [2.05, 4.69) is 17.4 Å². The summed E-state index contributed by atoms with van der Waals surface area (Å²) in [6, 6.07) is 6.33. The van der Waals surface area contributed by atoms with E-state index in [-0.39, 0.29) is 0 Å². The van der Waals surface area contributed by atoms with Gasteiger partial charge in [0.2, 0.25) is 0 Å². The van der Waals surface area contributed by atoms with Crippen LogP contribution in [0.25, 0.3) is 11.0 Å². The lowest BCUT2D eigenvalue weighted by Crippen LogP contribution is -2.30. The highest BCUT2D eigenvalue weighted by Gasteiger charge is 2.15. The van der Waals surface area contributed by atoms with Crippen LogP contribution in [0, 0.1) is 5.92 Å². The third-order valence-electron chi connectivity index (χ3n) is 3.72. The molecule has 3 nitrogen and oxygen atoms in total. The molecule has 1 saturated heterocycles. The monoisotopic (exact) mass is 245 g/mol. The molecule has 1 aliphatic rings. The van der Waals surface area contributed by atoms with Crippen LogP contribution in [0.4, 0.5) is 0 Å². The Morgan fingerprint density at radius 3 is 3.17 bits per heavy atom. The lowest BCUT2D eigenvalue weighted by molar-refractivity contribution is 0.374. The first-order chi connectivity index (χ1) is 8.86. The van der Waals surface area contributed by atoms with Crippen LogP contribution in [-0.4, -0.2) is 20.2 Å². The summed E-state index contributed by atoms with van der Waals surface area (Å²) in [7, 11) is 1.70. The van der Waals surface area contributed by atoms with Gasteiger partial charge >= 0.3 is 0 Å². The van der Waals surface area contributed by atoms with Crippen molar-refractivity contribution in [2.24, 2.45) is 5.92 Å². The van der Waals surface area contributed by atoms with Gasteiger partial charge < -0.3 is 14.5 Å². The minimum atomic E-state index is 0.743. The Morgan fingerprint density at radius 2 is 2.39 bits per heavy atom. The van der Waals surface area contributed by atoms with Crippen LogP contribution >= 0.6 is 0 Å². The van der Waals surface area contributed by atoms with E-state index in [1.807, 2.05) is 6.07 Å². The summed E-state index contributed by atoms with van der Waals surface area (Å²) in [6.07, 6.45) is 5.44. The summed E-state index contributed by atoms with van der Waals surface area (Å²) in [6.45, 7) is 2.30. The van der Waals surface area contributed by atoms with Crippen molar-refractivity contribution >= 4 is 11.0 Å². The van der Waals surface area contributed by atoms with Crippen molar-refractivity contribution in [1.82, 2.24) is 5.32 Å². The molecule has 2 aromatic rings. The first kappa shape index (κ1) is 11.6. The molecule has 0 amide bonds.